The summed E-state index contributed by atoms with van der Waals surface area (Å²) in [6.07, 6.45) is 4.14. The third kappa shape index (κ3) is 4.40. The highest BCUT2D eigenvalue weighted by Gasteiger charge is 2.23. The van der Waals surface area contributed by atoms with Crippen LogP contribution < -0.4 is 5.32 Å². The zero-order chi connectivity index (χ0) is 12.0. The predicted molar refractivity (Wildman–Crippen MR) is 68.8 cm³/mol. The van der Waals surface area contributed by atoms with Crippen molar-refractivity contribution in [3.8, 4) is 0 Å². The van der Waals surface area contributed by atoms with Gasteiger partial charge >= 0.3 is 0 Å². The topological polar surface area (TPSA) is 24.5 Å². The van der Waals surface area contributed by atoms with Gasteiger partial charge in [-0.25, -0.2) is 0 Å². The van der Waals surface area contributed by atoms with E-state index in [0.717, 1.165) is 13.1 Å². The van der Waals surface area contributed by atoms with E-state index in [1.165, 1.54) is 25.8 Å². The zero-order valence-electron chi connectivity index (χ0n) is 11.3. The van der Waals surface area contributed by atoms with Gasteiger partial charge in [-0.05, 0) is 39.7 Å². The van der Waals surface area contributed by atoms with Gasteiger partial charge in [-0.15, -0.1) is 0 Å². The first-order chi connectivity index (χ1) is 7.67. The molecule has 0 radical (unpaired) electrons. The van der Waals surface area contributed by atoms with Crippen LogP contribution in [0, 0.1) is 0 Å². The van der Waals surface area contributed by atoms with Crippen molar-refractivity contribution in [3.63, 3.8) is 0 Å². The predicted octanol–water partition coefficient (Wildman–Crippen LogP) is 1.87. The Morgan fingerprint density at radius 1 is 1.44 bits per heavy atom. The van der Waals surface area contributed by atoms with Crippen molar-refractivity contribution in [2.24, 2.45) is 0 Å². The molecule has 0 aromatic rings. The number of likely N-dealkylation sites (tertiary alicyclic amines) is 1. The Bertz CT molecular complexity index is 187. The van der Waals surface area contributed by atoms with Crippen LogP contribution in [0.25, 0.3) is 0 Å². The number of rotatable bonds is 6. The van der Waals surface area contributed by atoms with Gasteiger partial charge in [0.15, 0.2) is 0 Å². The van der Waals surface area contributed by atoms with E-state index in [4.69, 9.17) is 4.74 Å². The Kier molecular flexibility index (Phi) is 6.32. The van der Waals surface area contributed by atoms with Crippen LogP contribution >= 0.6 is 0 Å². The lowest BCUT2D eigenvalue weighted by atomic mass is 10.1. The standard InChI is InChI=1S/C13H28N2O/c1-5-11(2)14-9-12(3)15-8-6-7-13(10-15)16-4/h11-14H,5-10H2,1-4H3. The van der Waals surface area contributed by atoms with E-state index in [1.54, 1.807) is 0 Å². The largest absolute Gasteiger partial charge is 0.380 e. The van der Waals surface area contributed by atoms with Gasteiger partial charge in [0.1, 0.15) is 0 Å². The summed E-state index contributed by atoms with van der Waals surface area (Å²) in [4.78, 5) is 2.55. The van der Waals surface area contributed by atoms with Gasteiger partial charge in [0.2, 0.25) is 0 Å². The van der Waals surface area contributed by atoms with Crippen LogP contribution in [0.5, 0.6) is 0 Å². The first-order valence-electron chi connectivity index (χ1n) is 6.67. The highest BCUT2D eigenvalue weighted by molar-refractivity contribution is 4.79. The van der Waals surface area contributed by atoms with Crippen LogP contribution in [0.3, 0.4) is 0 Å². The minimum atomic E-state index is 0.444. The molecule has 0 spiro atoms. The molecule has 3 unspecified atom stereocenters. The SMILES string of the molecule is CCC(C)NCC(C)N1CCCC(OC)C1. The van der Waals surface area contributed by atoms with Crippen molar-refractivity contribution in [1.29, 1.82) is 0 Å². The number of methoxy groups -OCH3 is 1. The highest BCUT2D eigenvalue weighted by Crippen LogP contribution is 2.14. The van der Waals surface area contributed by atoms with Crippen LogP contribution in [0.1, 0.15) is 40.0 Å². The van der Waals surface area contributed by atoms with Gasteiger partial charge < -0.3 is 10.1 Å². The molecule has 1 heterocycles. The minimum Gasteiger partial charge on any atom is -0.380 e. The fourth-order valence-electron chi connectivity index (χ4n) is 2.20. The molecule has 3 nitrogen and oxygen atoms in total. The molecule has 96 valence electrons. The molecular weight excluding hydrogens is 200 g/mol. The average molecular weight is 228 g/mol. The summed E-state index contributed by atoms with van der Waals surface area (Å²) in [6.45, 7) is 10.2. The Morgan fingerprint density at radius 2 is 2.19 bits per heavy atom. The maximum absolute atomic E-state index is 5.46. The molecule has 0 amide bonds. The maximum Gasteiger partial charge on any atom is 0.0698 e. The smallest absolute Gasteiger partial charge is 0.0698 e. The van der Waals surface area contributed by atoms with Crippen molar-refractivity contribution in [3.05, 3.63) is 0 Å². The summed E-state index contributed by atoms with van der Waals surface area (Å²) in [7, 11) is 1.83. The van der Waals surface area contributed by atoms with Gasteiger partial charge in [-0.1, -0.05) is 6.92 Å². The van der Waals surface area contributed by atoms with E-state index in [9.17, 15) is 0 Å². The number of ether oxygens (including phenoxy) is 1. The van der Waals surface area contributed by atoms with Crippen LogP contribution in [0.15, 0.2) is 0 Å². The molecular formula is C13H28N2O. The van der Waals surface area contributed by atoms with E-state index in [0.29, 0.717) is 18.2 Å². The maximum atomic E-state index is 5.46. The van der Waals surface area contributed by atoms with E-state index >= 15 is 0 Å². The van der Waals surface area contributed by atoms with Gasteiger partial charge in [0.05, 0.1) is 6.10 Å². The van der Waals surface area contributed by atoms with Gasteiger partial charge in [-0.3, -0.25) is 4.90 Å². The van der Waals surface area contributed by atoms with Crippen molar-refractivity contribution in [1.82, 2.24) is 10.2 Å². The third-order valence-corrected chi connectivity index (χ3v) is 3.74. The normalized spacial score (nSPS) is 26.6. The monoisotopic (exact) mass is 228 g/mol. The number of nitrogens with zero attached hydrogens (tertiary/aromatic N) is 1. The molecule has 0 aromatic carbocycles. The molecule has 16 heavy (non-hydrogen) atoms. The van der Waals surface area contributed by atoms with Crippen molar-refractivity contribution >= 4 is 0 Å². The number of piperidine rings is 1. The summed E-state index contributed by atoms with van der Waals surface area (Å²) in [6, 6.07) is 1.25. The second-order valence-electron chi connectivity index (χ2n) is 5.06. The summed E-state index contributed by atoms with van der Waals surface area (Å²) in [5.41, 5.74) is 0. The molecule has 1 rings (SSSR count). The van der Waals surface area contributed by atoms with Gasteiger partial charge in [-0.2, -0.15) is 0 Å². The fourth-order valence-corrected chi connectivity index (χ4v) is 2.20. The molecule has 0 bridgehead atoms. The summed E-state index contributed by atoms with van der Waals surface area (Å²) in [5, 5.41) is 3.58. The van der Waals surface area contributed by atoms with Gasteiger partial charge in [0.25, 0.3) is 0 Å². The van der Waals surface area contributed by atoms with Crippen molar-refractivity contribution in [2.45, 2.75) is 58.2 Å². The van der Waals surface area contributed by atoms with Crippen molar-refractivity contribution in [2.75, 3.05) is 26.7 Å². The van der Waals surface area contributed by atoms with Crippen molar-refractivity contribution < 1.29 is 4.74 Å². The van der Waals surface area contributed by atoms with Crippen LogP contribution in [0.2, 0.25) is 0 Å². The highest BCUT2D eigenvalue weighted by atomic mass is 16.5. The first kappa shape index (κ1) is 13.9. The Morgan fingerprint density at radius 3 is 2.81 bits per heavy atom. The van der Waals surface area contributed by atoms with Gasteiger partial charge in [0, 0.05) is 32.3 Å². The molecule has 1 aliphatic rings. The molecule has 0 saturated carbocycles. The van der Waals surface area contributed by atoms with E-state index in [-0.39, 0.29) is 0 Å². The molecule has 1 saturated heterocycles. The summed E-state index contributed by atoms with van der Waals surface area (Å²) >= 11 is 0. The second kappa shape index (κ2) is 7.25. The van der Waals surface area contributed by atoms with Crippen LogP contribution in [0.4, 0.5) is 0 Å². The first-order valence-corrected chi connectivity index (χ1v) is 6.67. The molecule has 0 aromatic heterocycles. The van der Waals surface area contributed by atoms with Crippen LogP contribution in [-0.4, -0.2) is 49.8 Å². The Labute approximate surface area is 101 Å². The van der Waals surface area contributed by atoms with E-state index in [1.807, 2.05) is 7.11 Å². The third-order valence-electron chi connectivity index (χ3n) is 3.74. The lowest BCUT2D eigenvalue weighted by Crippen LogP contribution is -2.48. The molecule has 0 aliphatic carbocycles. The average Bonchev–Trinajstić information content (AvgIpc) is 2.35. The molecule has 3 heteroatoms. The van der Waals surface area contributed by atoms with E-state index < -0.39 is 0 Å². The number of hydrogen-bond acceptors (Lipinski definition) is 3. The second-order valence-corrected chi connectivity index (χ2v) is 5.06. The molecule has 1 N–H and O–H groups in total. The van der Waals surface area contributed by atoms with Crippen LogP contribution in [-0.2, 0) is 4.74 Å². The summed E-state index contributed by atoms with van der Waals surface area (Å²) < 4.78 is 5.46. The lowest BCUT2D eigenvalue weighted by Gasteiger charge is -2.36. The molecule has 3 atom stereocenters. The Hall–Kier alpha value is -0.120. The minimum absolute atomic E-state index is 0.444. The number of nitrogens with one attached hydrogen (secondary N) is 1. The number of hydrogen-bond donors (Lipinski definition) is 1. The zero-order valence-corrected chi connectivity index (χ0v) is 11.3. The Balaban J connectivity index is 2.27. The summed E-state index contributed by atoms with van der Waals surface area (Å²) in [5.74, 6) is 0. The van der Waals surface area contributed by atoms with E-state index in [2.05, 4.69) is 31.0 Å². The quantitative estimate of drug-likeness (QED) is 0.751. The lowest BCUT2D eigenvalue weighted by molar-refractivity contribution is 0.0172. The molecule has 1 aliphatic heterocycles. The fraction of sp³-hybridized carbons (Fsp3) is 1.00. The molecule has 1 fully saturated rings.